The fourth-order valence-corrected chi connectivity index (χ4v) is 2.86. The van der Waals surface area contributed by atoms with Crippen molar-refractivity contribution in [3.63, 3.8) is 0 Å². The van der Waals surface area contributed by atoms with Crippen molar-refractivity contribution in [2.24, 2.45) is 0 Å². The van der Waals surface area contributed by atoms with Gasteiger partial charge in [-0.05, 0) is 65.7 Å². The maximum absolute atomic E-state index is 12.4. The van der Waals surface area contributed by atoms with E-state index in [9.17, 15) is 9.90 Å². The predicted octanol–water partition coefficient (Wildman–Crippen LogP) is 6.16. The van der Waals surface area contributed by atoms with E-state index < -0.39 is 5.97 Å². The van der Waals surface area contributed by atoms with E-state index in [1.54, 1.807) is 30.3 Å². The van der Waals surface area contributed by atoms with E-state index >= 15 is 0 Å². The highest BCUT2D eigenvalue weighted by atomic mass is 16.5. The molecular weight excluding hydrogens is 352 g/mol. The van der Waals surface area contributed by atoms with Gasteiger partial charge in [0.2, 0.25) is 0 Å². The minimum atomic E-state index is -0.433. The van der Waals surface area contributed by atoms with Crippen LogP contribution in [0.4, 0.5) is 0 Å². The number of hydrogen-bond donors (Lipinski definition) is 1. The number of fused-ring (bicyclic) bond motifs is 1. The second-order valence-corrected chi connectivity index (χ2v) is 6.64. The van der Waals surface area contributed by atoms with Crippen LogP contribution in [0.2, 0.25) is 0 Å². The third-order valence-corrected chi connectivity index (χ3v) is 4.46. The van der Waals surface area contributed by atoms with Crippen molar-refractivity contribution in [1.82, 2.24) is 0 Å². The van der Waals surface area contributed by atoms with Gasteiger partial charge in [0.15, 0.2) is 0 Å². The quantitative estimate of drug-likeness (QED) is 0.221. The Morgan fingerprint density at radius 3 is 2.25 bits per heavy atom. The first-order valence-corrected chi connectivity index (χ1v) is 9.44. The topological polar surface area (TPSA) is 55.8 Å². The predicted molar refractivity (Wildman–Crippen MR) is 112 cm³/mol. The molecule has 0 fully saturated rings. The Morgan fingerprint density at radius 1 is 0.893 bits per heavy atom. The maximum atomic E-state index is 12.4. The van der Waals surface area contributed by atoms with E-state index in [0.29, 0.717) is 23.5 Å². The van der Waals surface area contributed by atoms with Crippen molar-refractivity contribution in [2.45, 2.75) is 26.2 Å². The number of aliphatic hydroxyl groups is 1. The number of carbonyl (C=O) groups is 1. The van der Waals surface area contributed by atoms with E-state index in [-0.39, 0.29) is 5.76 Å². The van der Waals surface area contributed by atoms with Crippen molar-refractivity contribution in [2.75, 3.05) is 6.61 Å². The van der Waals surface area contributed by atoms with E-state index in [1.807, 2.05) is 30.3 Å². The summed E-state index contributed by atoms with van der Waals surface area (Å²) in [6, 6.07) is 17.8. The van der Waals surface area contributed by atoms with E-state index in [2.05, 4.69) is 13.5 Å². The highest BCUT2D eigenvalue weighted by molar-refractivity contribution is 5.96. The molecular formula is C24H24O4. The summed E-state index contributed by atoms with van der Waals surface area (Å²) in [6.45, 7) is 6.34. The lowest BCUT2D eigenvalue weighted by Gasteiger charge is -2.09. The molecule has 28 heavy (non-hydrogen) atoms. The van der Waals surface area contributed by atoms with E-state index in [4.69, 9.17) is 9.47 Å². The third kappa shape index (κ3) is 4.92. The molecule has 0 spiro atoms. The minimum absolute atomic E-state index is 0.0267. The molecule has 144 valence electrons. The molecule has 0 bridgehead atoms. The Balaban J connectivity index is 1.69. The molecule has 4 nitrogen and oxygen atoms in total. The van der Waals surface area contributed by atoms with Gasteiger partial charge in [-0.2, -0.15) is 0 Å². The smallest absolute Gasteiger partial charge is 0.343 e. The highest BCUT2D eigenvalue weighted by Crippen LogP contribution is 2.23. The average molecular weight is 376 g/mol. The van der Waals surface area contributed by atoms with Gasteiger partial charge in [-0.15, -0.1) is 0 Å². The molecule has 0 aliphatic rings. The van der Waals surface area contributed by atoms with Gasteiger partial charge >= 0.3 is 5.97 Å². The fourth-order valence-electron chi connectivity index (χ4n) is 2.86. The van der Waals surface area contributed by atoms with Crippen LogP contribution in [0.25, 0.3) is 16.5 Å². The van der Waals surface area contributed by atoms with Crippen molar-refractivity contribution >= 4 is 22.5 Å². The number of carbonyl (C=O) groups excluding carboxylic acids is 1. The molecule has 3 aromatic carbocycles. The number of aliphatic hydroxyl groups excluding tert-OH is 1. The second kappa shape index (κ2) is 9.09. The van der Waals surface area contributed by atoms with E-state index in [1.165, 1.54) is 6.42 Å². The number of ether oxygens (including phenoxy) is 2. The molecule has 0 aliphatic carbocycles. The lowest BCUT2D eigenvalue weighted by molar-refractivity contribution is 0.0735. The molecule has 3 rings (SSSR count). The van der Waals surface area contributed by atoms with Gasteiger partial charge in [-0.25, -0.2) is 4.79 Å². The monoisotopic (exact) mass is 376 g/mol. The van der Waals surface area contributed by atoms with Gasteiger partial charge < -0.3 is 14.6 Å². The van der Waals surface area contributed by atoms with Gasteiger partial charge in [0.1, 0.15) is 17.3 Å². The number of rotatable bonds is 8. The summed E-state index contributed by atoms with van der Waals surface area (Å²) < 4.78 is 11.2. The zero-order chi connectivity index (χ0) is 19.9. The summed E-state index contributed by atoms with van der Waals surface area (Å²) in [5.74, 6) is 0.786. The number of unbranched alkanes of at least 4 members (excludes halogenated alkanes) is 2. The summed E-state index contributed by atoms with van der Waals surface area (Å²) in [5.41, 5.74) is 1.05. The van der Waals surface area contributed by atoms with Gasteiger partial charge in [-0.1, -0.05) is 38.5 Å². The number of esters is 1. The minimum Gasteiger partial charge on any atom is -0.508 e. The van der Waals surface area contributed by atoms with Crippen LogP contribution in [0.3, 0.4) is 0 Å². The molecule has 0 aromatic heterocycles. The Morgan fingerprint density at radius 2 is 1.54 bits per heavy atom. The molecule has 0 radical (unpaired) electrons. The summed E-state index contributed by atoms with van der Waals surface area (Å²) in [5, 5.41) is 11.3. The van der Waals surface area contributed by atoms with Crippen LogP contribution in [0, 0.1) is 0 Å². The largest absolute Gasteiger partial charge is 0.508 e. The molecule has 3 aromatic rings. The lowest BCUT2D eigenvalue weighted by Crippen LogP contribution is -2.08. The first-order valence-electron chi connectivity index (χ1n) is 9.44. The van der Waals surface area contributed by atoms with Crippen molar-refractivity contribution in [1.29, 1.82) is 0 Å². The summed E-state index contributed by atoms with van der Waals surface area (Å²) in [4.78, 5) is 12.4. The standard InChI is InChI=1S/C24H24O4/c1-3-4-5-14-27-23-13-10-19-15-21(7-6-20(19)16-23)24(26)28-22-11-8-18(9-12-22)17(2)25/h6-13,15-16,25H,2-5,14H2,1H3. The molecule has 0 heterocycles. The normalized spacial score (nSPS) is 10.6. The summed E-state index contributed by atoms with van der Waals surface area (Å²) in [7, 11) is 0. The molecule has 0 amide bonds. The third-order valence-electron chi connectivity index (χ3n) is 4.46. The molecule has 0 saturated heterocycles. The zero-order valence-electron chi connectivity index (χ0n) is 16.0. The first kappa shape index (κ1) is 19.5. The van der Waals surface area contributed by atoms with Crippen LogP contribution in [0.15, 0.2) is 67.2 Å². The number of benzene rings is 3. The summed E-state index contributed by atoms with van der Waals surface area (Å²) in [6.07, 6.45) is 3.38. The lowest BCUT2D eigenvalue weighted by atomic mass is 10.1. The Bertz CT molecular complexity index is 974. The fraction of sp³-hybridized carbons (Fsp3) is 0.208. The van der Waals surface area contributed by atoms with Gasteiger partial charge in [0.25, 0.3) is 0 Å². The van der Waals surface area contributed by atoms with Crippen molar-refractivity contribution in [3.05, 3.63) is 78.4 Å². The number of hydrogen-bond acceptors (Lipinski definition) is 4. The zero-order valence-corrected chi connectivity index (χ0v) is 16.0. The molecule has 1 N–H and O–H groups in total. The Kier molecular flexibility index (Phi) is 6.33. The van der Waals surface area contributed by atoms with Crippen LogP contribution in [-0.4, -0.2) is 17.7 Å². The van der Waals surface area contributed by atoms with Crippen LogP contribution >= 0.6 is 0 Å². The van der Waals surface area contributed by atoms with Crippen LogP contribution in [0.5, 0.6) is 11.5 Å². The molecule has 0 atom stereocenters. The van der Waals surface area contributed by atoms with Gasteiger partial charge in [0, 0.05) is 5.56 Å². The van der Waals surface area contributed by atoms with Gasteiger partial charge in [0.05, 0.1) is 12.2 Å². The maximum Gasteiger partial charge on any atom is 0.343 e. The molecule has 0 saturated carbocycles. The Hall–Kier alpha value is -3.27. The van der Waals surface area contributed by atoms with Crippen LogP contribution < -0.4 is 9.47 Å². The Labute approximate surface area is 165 Å². The van der Waals surface area contributed by atoms with Crippen molar-refractivity contribution < 1.29 is 19.4 Å². The van der Waals surface area contributed by atoms with Gasteiger partial charge in [-0.3, -0.25) is 0 Å². The van der Waals surface area contributed by atoms with Crippen LogP contribution in [-0.2, 0) is 0 Å². The summed E-state index contributed by atoms with van der Waals surface area (Å²) >= 11 is 0. The molecule has 4 heteroatoms. The molecule has 0 unspecified atom stereocenters. The molecule has 0 aliphatic heterocycles. The van der Waals surface area contributed by atoms with Crippen LogP contribution in [0.1, 0.15) is 42.1 Å². The SMILES string of the molecule is C=C(O)c1ccc(OC(=O)c2ccc3cc(OCCCCC)ccc3c2)cc1. The highest BCUT2D eigenvalue weighted by Gasteiger charge is 2.10. The first-order chi connectivity index (χ1) is 13.6. The van der Waals surface area contributed by atoms with Crippen molar-refractivity contribution in [3.8, 4) is 11.5 Å². The average Bonchev–Trinajstić information content (AvgIpc) is 2.71. The second-order valence-electron chi connectivity index (χ2n) is 6.64. The van der Waals surface area contributed by atoms with E-state index in [0.717, 1.165) is 29.4 Å².